The van der Waals surface area contributed by atoms with E-state index in [1.165, 1.54) is 0 Å². The van der Waals surface area contributed by atoms with E-state index >= 15 is 0 Å². The van der Waals surface area contributed by atoms with E-state index in [1.807, 2.05) is 60.7 Å². The fourth-order valence-electron chi connectivity index (χ4n) is 3.54. The van der Waals surface area contributed by atoms with E-state index in [1.54, 1.807) is 30.3 Å². The van der Waals surface area contributed by atoms with E-state index in [9.17, 15) is 4.57 Å². The van der Waals surface area contributed by atoms with Gasteiger partial charge in [-0.1, -0.05) is 88.4 Å². The predicted octanol–water partition coefficient (Wildman–Crippen LogP) is 8.73. The molecule has 33 heavy (non-hydrogen) atoms. The lowest BCUT2D eigenvalue weighted by molar-refractivity contribution is 0.299. The second kappa shape index (κ2) is 9.72. The van der Waals surface area contributed by atoms with Crippen LogP contribution in [0.15, 0.2) is 91.0 Å². The first-order valence-electron chi connectivity index (χ1n) is 11.2. The van der Waals surface area contributed by atoms with Crippen LogP contribution >= 0.6 is 7.82 Å². The van der Waals surface area contributed by atoms with E-state index in [0.29, 0.717) is 29.1 Å². The van der Waals surface area contributed by atoms with Gasteiger partial charge in [-0.05, 0) is 58.7 Å². The number of phosphoric acid groups is 1. The van der Waals surface area contributed by atoms with E-state index in [-0.39, 0.29) is 0 Å². The van der Waals surface area contributed by atoms with Crippen molar-refractivity contribution in [2.45, 2.75) is 39.5 Å². The lowest BCUT2D eigenvalue weighted by Crippen LogP contribution is -2.08. The zero-order chi connectivity index (χ0) is 23.4. The number of hydrogen-bond donors (Lipinski definition) is 0. The molecule has 0 N–H and O–H groups in total. The molecule has 0 aliphatic rings. The molecule has 0 aliphatic heterocycles. The van der Waals surface area contributed by atoms with Crippen molar-refractivity contribution in [2.75, 3.05) is 0 Å². The fourth-order valence-corrected chi connectivity index (χ4v) is 4.81. The highest BCUT2D eigenvalue weighted by Gasteiger charge is 2.34. The smallest absolute Gasteiger partial charge is 0.386 e. The Bertz CT molecular complexity index is 1200. The highest BCUT2D eigenvalue weighted by atomic mass is 31.2. The molecule has 0 aromatic heterocycles. The van der Waals surface area contributed by atoms with Crippen molar-refractivity contribution in [2.24, 2.45) is 0 Å². The van der Waals surface area contributed by atoms with Gasteiger partial charge in [-0.2, -0.15) is 4.57 Å². The minimum absolute atomic E-state index is 0.383. The molecule has 4 rings (SSSR count). The molecular formula is C28H29O4P. The van der Waals surface area contributed by atoms with Crippen LogP contribution in [-0.4, -0.2) is 0 Å². The average Bonchev–Trinajstić information content (AvgIpc) is 2.80. The van der Waals surface area contributed by atoms with Crippen LogP contribution in [0.3, 0.4) is 0 Å². The van der Waals surface area contributed by atoms with Crippen LogP contribution in [0.2, 0.25) is 0 Å². The molecule has 4 aromatic carbocycles. The van der Waals surface area contributed by atoms with Crippen LogP contribution < -0.4 is 13.6 Å². The van der Waals surface area contributed by atoms with Gasteiger partial charge in [0, 0.05) is 5.39 Å². The molecule has 4 nitrogen and oxygen atoms in total. The molecule has 0 radical (unpaired) electrons. The zero-order valence-corrected chi connectivity index (χ0v) is 20.3. The van der Waals surface area contributed by atoms with E-state index in [2.05, 4.69) is 27.7 Å². The molecule has 0 bridgehead atoms. The van der Waals surface area contributed by atoms with Crippen LogP contribution in [0.4, 0.5) is 0 Å². The normalized spacial score (nSPS) is 11.7. The Balaban J connectivity index is 1.68. The first kappa shape index (κ1) is 22.9. The van der Waals surface area contributed by atoms with Gasteiger partial charge in [0.15, 0.2) is 0 Å². The fraction of sp³-hybridized carbons (Fsp3) is 0.214. The molecule has 0 saturated carbocycles. The highest BCUT2D eigenvalue weighted by molar-refractivity contribution is 7.49. The molecule has 170 valence electrons. The third-order valence-corrected chi connectivity index (χ3v) is 6.78. The second-order valence-electron chi connectivity index (χ2n) is 8.65. The molecule has 4 aromatic rings. The molecule has 0 spiro atoms. The van der Waals surface area contributed by atoms with Gasteiger partial charge in [0.25, 0.3) is 0 Å². The summed E-state index contributed by atoms with van der Waals surface area (Å²) in [6, 6.07) is 28.4. The maximum atomic E-state index is 13.9. The van der Waals surface area contributed by atoms with E-state index in [0.717, 1.165) is 21.9 Å². The summed E-state index contributed by atoms with van der Waals surface area (Å²) in [4.78, 5) is 0. The summed E-state index contributed by atoms with van der Waals surface area (Å²) < 4.78 is 31.7. The number of rotatable bonds is 8. The van der Waals surface area contributed by atoms with Crippen molar-refractivity contribution in [3.05, 3.63) is 102 Å². The molecule has 5 heteroatoms. The van der Waals surface area contributed by atoms with Crippen molar-refractivity contribution in [3.8, 4) is 17.2 Å². The SMILES string of the molecule is CC(C)c1ccc(OP(=O)(Oc2ccc(C(C)C)cc2)Oc2cccc3ccccc23)cc1. The van der Waals surface area contributed by atoms with Crippen LogP contribution in [0.5, 0.6) is 17.2 Å². The predicted molar refractivity (Wildman–Crippen MR) is 135 cm³/mol. The van der Waals surface area contributed by atoms with Gasteiger partial charge in [0.2, 0.25) is 0 Å². The lowest BCUT2D eigenvalue weighted by Gasteiger charge is -2.21. The maximum Gasteiger partial charge on any atom is 0.647 e. The standard InChI is InChI=1S/C28H29O4P/c1-20(2)22-12-16-25(17-13-22)30-33(29,31-26-18-14-23(15-19-26)21(3)4)32-28-11-7-9-24-8-5-6-10-27(24)28/h5-21H,1-4H3. The molecule has 0 saturated heterocycles. The van der Waals surface area contributed by atoms with Crippen molar-refractivity contribution < 1.29 is 18.1 Å². The Kier molecular flexibility index (Phi) is 6.76. The first-order chi connectivity index (χ1) is 15.8. The quantitative estimate of drug-likeness (QED) is 0.247. The summed E-state index contributed by atoms with van der Waals surface area (Å²) in [6.45, 7) is 8.48. The summed E-state index contributed by atoms with van der Waals surface area (Å²) in [5.41, 5.74) is 2.33. The summed E-state index contributed by atoms with van der Waals surface area (Å²) in [6.07, 6.45) is 0. The number of phosphoric ester groups is 1. The summed E-state index contributed by atoms with van der Waals surface area (Å²) in [5, 5.41) is 1.81. The van der Waals surface area contributed by atoms with Gasteiger partial charge in [-0.25, -0.2) is 0 Å². The first-order valence-corrected chi connectivity index (χ1v) is 12.7. The van der Waals surface area contributed by atoms with Crippen LogP contribution in [0, 0.1) is 0 Å². The van der Waals surface area contributed by atoms with Gasteiger partial charge in [0.05, 0.1) is 0 Å². The van der Waals surface area contributed by atoms with Crippen molar-refractivity contribution in [1.82, 2.24) is 0 Å². The largest absolute Gasteiger partial charge is 0.647 e. The van der Waals surface area contributed by atoms with Crippen molar-refractivity contribution >= 4 is 18.6 Å². The molecule has 0 atom stereocenters. The minimum Gasteiger partial charge on any atom is -0.386 e. The number of hydrogen-bond acceptors (Lipinski definition) is 4. The summed E-state index contributed by atoms with van der Waals surface area (Å²) in [5.74, 6) is 2.04. The number of benzene rings is 4. The van der Waals surface area contributed by atoms with Crippen molar-refractivity contribution in [3.63, 3.8) is 0 Å². The third kappa shape index (κ3) is 5.58. The van der Waals surface area contributed by atoms with Gasteiger partial charge in [0.1, 0.15) is 17.2 Å². The average molecular weight is 461 g/mol. The van der Waals surface area contributed by atoms with Crippen LogP contribution in [0.1, 0.15) is 50.7 Å². The number of fused-ring (bicyclic) bond motifs is 1. The van der Waals surface area contributed by atoms with Gasteiger partial charge < -0.3 is 13.6 Å². The molecular weight excluding hydrogens is 431 g/mol. The lowest BCUT2D eigenvalue weighted by atomic mass is 10.0. The highest BCUT2D eigenvalue weighted by Crippen LogP contribution is 2.51. The topological polar surface area (TPSA) is 44.8 Å². The molecule has 0 unspecified atom stereocenters. The van der Waals surface area contributed by atoms with Gasteiger partial charge in [-0.15, -0.1) is 0 Å². The maximum absolute atomic E-state index is 13.9. The van der Waals surface area contributed by atoms with Crippen LogP contribution in [0.25, 0.3) is 10.8 Å². The third-order valence-electron chi connectivity index (χ3n) is 5.49. The Morgan fingerprint density at radius 3 is 1.58 bits per heavy atom. The Morgan fingerprint density at radius 1 is 0.576 bits per heavy atom. The van der Waals surface area contributed by atoms with Gasteiger partial charge >= 0.3 is 7.82 Å². The molecule has 0 aliphatic carbocycles. The monoisotopic (exact) mass is 460 g/mol. The zero-order valence-electron chi connectivity index (χ0n) is 19.4. The van der Waals surface area contributed by atoms with Crippen molar-refractivity contribution in [1.29, 1.82) is 0 Å². The Morgan fingerprint density at radius 2 is 1.06 bits per heavy atom. The molecule has 0 fully saturated rings. The second-order valence-corrected chi connectivity index (χ2v) is 10.1. The van der Waals surface area contributed by atoms with Gasteiger partial charge in [-0.3, -0.25) is 0 Å². The van der Waals surface area contributed by atoms with E-state index < -0.39 is 7.82 Å². The van der Waals surface area contributed by atoms with Crippen LogP contribution in [-0.2, 0) is 4.57 Å². The molecule has 0 heterocycles. The Hall–Kier alpha value is -3.23. The van der Waals surface area contributed by atoms with E-state index in [4.69, 9.17) is 13.6 Å². The molecule has 0 amide bonds. The summed E-state index contributed by atoms with van der Waals surface area (Å²) in [7, 11) is -4.07. The Labute approximate surface area is 195 Å². The minimum atomic E-state index is -4.07. The summed E-state index contributed by atoms with van der Waals surface area (Å²) >= 11 is 0.